The van der Waals surface area contributed by atoms with Crippen LogP contribution < -0.4 is 0 Å². The Bertz CT molecular complexity index is 266. The lowest BCUT2D eigenvalue weighted by atomic mass is 10.0. The second-order valence-corrected chi connectivity index (χ2v) is 5.47. The van der Waals surface area contributed by atoms with Gasteiger partial charge in [0.15, 0.2) is 0 Å². The van der Waals surface area contributed by atoms with Crippen molar-refractivity contribution in [1.82, 2.24) is 0 Å². The average Bonchev–Trinajstić information content (AvgIpc) is 2.17. The zero-order valence-corrected chi connectivity index (χ0v) is 9.84. The molecule has 0 aliphatic carbocycles. The van der Waals surface area contributed by atoms with Crippen molar-refractivity contribution in [3.05, 3.63) is 29.8 Å². The highest BCUT2D eigenvalue weighted by Gasteiger charge is 2.04. The standard InChI is InChI=1S/C12H18OS/c1-9(2)14-12-6-4-11(5-7-12)10(3)8-13/h4-7,9-10,13H,8H2,1-3H3. The van der Waals surface area contributed by atoms with Crippen LogP contribution >= 0.6 is 11.8 Å². The van der Waals surface area contributed by atoms with Gasteiger partial charge >= 0.3 is 0 Å². The Morgan fingerprint density at radius 1 is 1.14 bits per heavy atom. The predicted octanol–water partition coefficient (Wildman–Crippen LogP) is 3.28. The Labute approximate surface area is 90.5 Å². The van der Waals surface area contributed by atoms with Crippen LogP contribution in [0.2, 0.25) is 0 Å². The summed E-state index contributed by atoms with van der Waals surface area (Å²) in [6.45, 7) is 6.63. The topological polar surface area (TPSA) is 20.2 Å². The average molecular weight is 210 g/mol. The normalized spacial score (nSPS) is 13.2. The number of thioether (sulfide) groups is 1. The maximum Gasteiger partial charge on any atom is 0.0497 e. The molecule has 1 atom stereocenters. The Hall–Kier alpha value is -0.470. The van der Waals surface area contributed by atoms with Crippen LogP contribution in [0.25, 0.3) is 0 Å². The molecule has 0 aliphatic heterocycles. The molecule has 1 rings (SSSR count). The van der Waals surface area contributed by atoms with Crippen molar-refractivity contribution in [1.29, 1.82) is 0 Å². The van der Waals surface area contributed by atoms with E-state index in [1.165, 1.54) is 10.5 Å². The van der Waals surface area contributed by atoms with Crippen LogP contribution in [0.3, 0.4) is 0 Å². The number of rotatable bonds is 4. The minimum atomic E-state index is 0.219. The van der Waals surface area contributed by atoms with Crippen molar-refractivity contribution in [2.24, 2.45) is 0 Å². The second-order valence-electron chi connectivity index (χ2n) is 3.82. The minimum Gasteiger partial charge on any atom is -0.396 e. The van der Waals surface area contributed by atoms with Gasteiger partial charge in [-0.05, 0) is 17.7 Å². The summed E-state index contributed by atoms with van der Waals surface area (Å²) < 4.78 is 0. The molecule has 78 valence electrons. The SMILES string of the molecule is CC(C)Sc1ccc(C(C)CO)cc1. The fraction of sp³-hybridized carbons (Fsp3) is 0.500. The molecule has 1 nitrogen and oxygen atoms in total. The van der Waals surface area contributed by atoms with Gasteiger partial charge in [-0.25, -0.2) is 0 Å². The molecule has 0 amide bonds. The van der Waals surface area contributed by atoms with Crippen molar-refractivity contribution >= 4 is 11.8 Å². The molecule has 1 aromatic carbocycles. The van der Waals surface area contributed by atoms with Crippen LogP contribution in [-0.2, 0) is 0 Å². The molecule has 0 heterocycles. The molecule has 14 heavy (non-hydrogen) atoms. The van der Waals surface area contributed by atoms with Crippen LogP contribution in [0.15, 0.2) is 29.2 Å². The van der Waals surface area contributed by atoms with Crippen LogP contribution in [0.4, 0.5) is 0 Å². The number of hydrogen-bond donors (Lipinski definition) is 1. The first kappa shape index (κ1) is 11.6. The summed E-state index contributed by atoms with van der Waals surface area (Å²) in [5, 5.41) is 9.62. The molecule has 0 aliphatic rings. The van der Waals surface area contributed by atoms with Crippen molar-refractivity contribution in [2.45, 2.75) is 36.8 Å². The molecule has 0 bridgehead atoms. The Morgan fingerprint density at radius 2 is 1.71 bits per heavy atom. The number of hydrogen-bond acceptors (Lipinski definition) is 2. The minimum absolute atomic E-state index is 0.219. The van der Waals surface area contributed by atoms with Crippen molar-refractivity contribution < 1.29 is 5.11 Å². The van der Waals surface area contributed by atoms with Gasteiger partial charge in [0.2, 0.25) is 0 Å². The molecule has 1 unspecified atom stereocenters. The number of aliphatic hydroxyl groups is 1. The smallest absolute Gasteiger partial charge is 0.0497 e. The van der Waals surface area contributed by atoms with Crippen molar-refractivity contribution in [3.8, 4) is 0 Å². The monoisotopic (exact) mass is 210 g/mol. The second kappa shape index (κ2) is 5.42. The van der Waals surface area contributed by atoms with Gasteiger partial charge in [-0.2, -0.15) is 0 Å². The van der Waals surface area contributed by atoms with Crippen molar-refractivity contribution in [3.63, 3.8) is 0 Å². The molecule has 2 heteroatoms. The third-order valence-electron chi connectivity index (χ3n) is 2.09. The van der Waals surface area contributed by atoms with E-state index in [1.807, 2.05) is 18.7 Å². The van der Waals surface area contributed by atoms with E-state index in [0.29, 0.717) is 5.25 Å². The van der Waals surface area contributed by atoms with E-state index in [2.05, 4.69) is 38.1 Å². The van der Waals surface area contributed by atoms with Crippen LogP contribution in [-0.4, -0.2) is 17.0 Å². The summed E-state index contributed by atoms with van der Waals surface area (Å²) in [6.07, 6.45) is 0. The molecule has 0 saturated carbocycles. The molecule has 0 saturated heterocycles. The zero-order valence-electron chi connectivity index (χ0n) is 9.03. The van der Waals surface area contributed by atoms with Gasteiger partial charge in [0.1, 0.15) is 0 Å². The van der Waals surface area contributed by atoms with Gasteiger partial charge in [-0.15, -0.1) is 11.8 Å². The highest BCUT2D eigenvalue weighted by Crippen LogP contribution is 2.24. The lowest BCUT2D eigenvalue weighted by Gasteiger charge is -2.09. The van der Waals surface area contributed by atoms with E-state index < -0.39 is 0 Å². The first-order valence-electron chi connectivity index (χ1n) is 5.01. The molecular formula is C12H18OS. The molecule has 0 aromatic heterocycles. The quantitative estimate of drug-likeness (QED) is 0.770. The molecule has 1 N–H and O–H groups in total. The van der Waals surface area contributed by atoms with Crippen LogP contribution in [0.1, 0.15) is 32.3 Å². The predicted molar refractivity (Wildman–Crippen MR) is 62.9 cm³/mol. The Morgan fingerprint density at radius 3 is 2.14 bits per heavy atom. The fourth-order valence-electron chi connectivity index (χ4n) is 1.25. The summed E-state index contributed by atoms with van der Waals surface area (Å²) in [5.74, 6) is 0.244. The first-order chi connectivity index (χ1) is 6.63. The summed E-state index contributed by atoms with van der Waals surface area (Å²) in [5.41, 5.74) is 1.21. The molecule has 0 radical (unpaired) electrons. The van der Waals surface area contributed by atoms with Gasteiger partial charge in [0.25, 0.3) is 0 Å². The first-order valence-corrected chi connectivity index (χ1v) is 5.89. The molecule has 0 fully saturated rings. The lowest BCUT2D eigenvalue weighted by Crippen LogP contribution is -1.98. The van der Waals surface area contributed by atoms with Gasteiger partial charge < -0.3 is 5.11 Å². The summed E-state index contributed by atoms with van der Waals surface area (Å²) in [4.78, 5) is 1.30. The third-order valence-corrected chi connectivity index (χ3v) is 3.11. The molecular weight excluding hydrogens is 192 g/mol. The van der Waals surface area contributed by atoms with Crippen LogP contribution in [0, 0.1) is 0 Å². The highest BCUT2D eigenvalue weighted by atomic mass is 32.2. The van der Waals surface area contributed by atoms with E-state index in [4.69, 9.17) is 5.11 Å². The third kappa shape index (κ3) is 3.35. The van der Waals surface area contributed by atoms with E-state index in [9.17, 15) is 0 Å². The maximum absolute atomic E-state index is 9.00. The maximum atomic E-state index is 9.00. The zero-order chi connectivity index (χ0) is 10.6. The Kier molecular flexibility index (Phi) is 4.49. The largest absolute Gasteiger partial charge is 0.396 e. The summed E-state index contributed by atoms with van der Waals surface area (Å²) >= 11 is 1.86. The van der Waals surface area contributed by atoms with Gasteiger partial charge in [-0.3, -0.25) is 0 Å². The van der Waals surface area contributed by atoms with E-state index in [-0.39, 0.29) is 12.5 Å². The van der Waals surface area contributed by atoms with E-state index in [1.54, 1.807) is 0 Å². The van der Waals surface area contributed by atoms with Gasteiger partial charge in [-0.1, -0.05) is 32.9 Å². The lowest BCUT2D eigenvalue weighted by molar-refractivity contribution is 0.273. The van der Waals surface area contributed by atoms with Gasteiger partial charge in [0.05, 0.1) is 0 Å². The number of aliphatic hydroxyl groups excluding tert-OH is 1. The Balaban J connectivity index is 2.68. The highest BCUT2D eigenvalue weighted by molar-refractivity contribution is 7.99. The van der Waals surface area contributed by atoms with Crippen LogP contribution in [0.5, 0.6) is 0 Å². The summed E-state index contributed by atoms with van der Waals surface area (Å²) in [7, 11) is 0. The van der Waals surface area contributed by atoms with E-state index >= 15 is 0 Å². The van der Waals surface area contributed by atoms with Crippen molar-refractivity contribution in [2.75, 3.05) is 6.61 Å². The van der Waals surface area contributed by atoms with Gasteiger partial charge in [0, 0.05) is 22.7 Å². The number of benzene rings is 1. The molecule has 0 spiro atoms. The fourth-order valence-corrected chi connectivity index (χ4v) is 2.09. The summed E-state index contributed by atoms with van der Waals surface area (Å²) in [6, 6.07) is 8.47. The van der Waals surface area contributed by atoms with E-state index in [0.717, 1.165) is 0 Å². The molecule has 1 aromatic rings.